The van der Waals surface area contributed by atoms with Crippen LogP contribution in [0.5, 0.6) is 0 Å². The zero-order valence-corrected chi connectivity index (χ0v) is 24.4. The molecule has 2 aromatic carbocycles. The van der Waals surface area contributed by atoms with Gasteiger partial charge in [-0.05, 0) is 55.9 Å². The summed E-state index contributed by atoms with van der Waals surface area (Å²) in [7, 11) is 0. The van der Waals surface area contributed by atoms with Crippen molar-refractivity contribution in [3.05, 3.63) is 89.7 Å². The SMILES string of the molecule is Cc1cc(NC(=O)[C@@H]2[C@@H]3C(=O)N(c4ccc(C5CCCCC5)cc4)[C@H](C(=O)NCc4ccccc4)[C@@]34C=C[C@]2(C)O4)no1. The maximum atomic E-state index is 14.5. The Balaban J connectivity index is 1.24. The van der Waals surface area contributed by atoms with Gasteiger partial charge in [0.2, 0.25) is 17.7 Å². The first-order valence-electron chi connectivity index (χ1n) is 15.2. The zero-order chi connectivity index (χ0) is 29.8. The Hall–Kier alpha value is -4.24. The third-order valence-electron chi connectivity index (χ3n) is 9.66. The van der Waals surface area contributed by atoms with E-state index in [0.717, 1.165) is 18.4 Å². The minimum atomic E-state index is -1.31. The second-order valence-electron chi connectivity index (χ2n) is 12.5. The molecule has 5 atom stereocenters. The molecule has 4 heterocycles. The van der Waals surface area contributed by atoms with Crippen molar-refractivity contribution in [1.82, 2.24) is 10.5 Å². The van der Waals surface area contributed by atoms with Crippen molar-refractivity contribution in [2.45, 2.75) is 75.7 Å². The Morgan fingerprint density at radius 2 is 1.74 bits per heavy atom. The Morgan fingerprint density at radius 1 is 1.00 bits per heavy atom. The predicted molar refractivity (Wildman–Crippen MR) is 160 cm³/mol. The number of carbonyl (C=O) groups is 3. The molecular formula is C34H36N4O5. The van der Waals surface area contributed by atoms with E-state index in [4.69, 9.17) is 9.26 Å². The van der Waals surface area contributed by atoms with E-state index in [-0.39, 0.29) is 17.6 Å². The van der Waals surface area contributed by atoms with Crippen LogP contribution in [-0.4, -0.2) is 40.1 Å². The van der Waals surface area contributed by atoms with Gasteiger partial charge in [-0.25, -0.2) is 0 Å². The van der Waals surface area contributed by atoms with Gasteiger partial charge in [0, 0.05) is 18.3 Å². The molecule has 3 aromatic rings. The topological polar surface area (TPSA) is 114 Å². The van der Waals surface area contributed by atoms with Crippen molar-refractivity contribution in [2.75, 3.05) is 10.2 Å². The predicted octanol–water partition coefficient (Wildman–Crippen LogP) is 5.03. The number of ether oxygens (including phenoxy) is 1. The summed E-state index contributed by atoms with van der Waals surface area (Å²) in [5.41, 5.74) is 0.430. The highest BCUT2D eigenvalue weighted by Crippen LogP contribution is 2.60. The number of anilines is 2. The number of hydrogen-bond acceptors (Lipinski definition) is 6. The third kappa shape index (κ3) is 4.57. The van der Waals surface area contributed by atoms with Gasteiger partial charge in [0.05, 0.1) is 17.4 Å². The molecule has 222 valence electrons. The van der Waals surface area contributed by atoms with Crippen molar-refractivity contribution in [1.29, 1.82) is 0 Å². The maximum absolute atomic E-state index is 14.5. The first-order chi connectivity index (χ1) is 20.8. The molecule has 1 spiro atoms. The number of aromatic nitrogens is 1. The second-order valence-corrected chi connectivity index (χ2v) is 12.5. The van der Waals surface area contributed by atoms with E-state index in [1.165, 1.54) is 24.8 Å². The monoisotopic (exact) mass is 580 g/mol. The highest BCUT2D eigenvalue weighted by Gasteiger charge is 2.76. The molecule has 1 aliphatic carbocycles. The van der Waals surface area contributed by atoms with Crippen LogP contribution in [0.15, 0.2) is 77.3 Å². The number of benzene rings is 2. The van der Waals surface area contributed by atoms with Gasteiger partial charge in [-0.1, -0.05) is 79.0 Å². The summed E-state index contributed by atoms with van der Waals surface area (Å²) in [6.07, 6.45) is 9.70. The molecule has 7 rings (SSSR count). The van der Waals surface area contributed by atoms with Gasteiger partial charge < -0.3 is 19.9 Å². The van der Waals surface area contributed by atoms with E-state index in [0.29, 0.717) is 23.9 Å². The lowest BCUT2D eigenvalue weighted by atomic mass is 9.70. The largest absolute Gasteiger partial charge is 0.360 e. The van der Waals surface area contributed by atoms with E-state index in [1.54, 1.807) is 24.8 Å². The smallest absolute Gasteiger partial charge is 0.246 e. The van der Waals surface area contributed by atoms with Gasteiger partial charge >= 0.3 is 0 Å². The third-order valence-corrected chi connectivity index (χ3v) is 9.66. The van der Waals surface area contributed by atoms with E-state index >= 15 is 0 Å². The fourth-order valence-corrected chi connectivity index (χ4v) is 7.67. The average Bonchev–Trinajstić information content (AvgIpc) is 3.73. The van der Waals surface area contributed by atoms with Crippen LogP contribution in [0.1, 0.15) is 61.8 Å². The molecule has 1 saturated carbocycles. The fourth-order valence-electron chi connectivity index (χ4n) is 7.67. The van der Waals surface area contributed by atoms with E-state index in [9.17, 15) is 14.4 Å². The molecular weight excluding hydrogens is 544 g/mol. The Bertz CT molecular complexity index is 1580. The first kappa shape index (κ1) is 27.6. The lowest BCUT2D eigenvalue weighted by molar-refractivity contribution is -0.131. The van der Waals surface area contributed by atoms with Gasteiger partial charge in [-0.3, -0.25) is 19.3 Å². The number of nitrogens with zero attached hydrogens (tertiary/aromatic N) is 2. The second kappa shape index (κ2) is 10.5. The quantitative estimate of drug-likeness (QED) is 0.379. The van der Waals surface area contributed by atoms with Crippen molar-refractivity contribution in [3.63, 3.8) is 0 Å². The molecule has 9 heteroatoms. The summed E-state index contributed by atoms with van der Waals surface area (Å²) in [6.45, 7) is 3.83. The van der Waals surface area contributed by atoms with Crippen LogP contribution in [0, 0.1) is 18.8 Å². The molecule has 43 heavy (non-hydrogen) atoms. The summed E-state index contributed by atoms with van der Waals surface area (Å²) >= 11 is 0. The highest BCUT2D eigenvalue weighted by molar-refractivity contribution is 6.11. The number of fused-ring (bicyclic) bond motifs is 1. The van der Waals surface area contributed by atoms with Crippen LogP contribution in [0.25, 0.3) is 0 Å². The number of rotatable bonds is 7. The summed E-state index contributed by atoms with van der Waals surface area (Å²) in [5.74, 6) is -1.50. The lowest BCUT2D eigenvalue weighted by Crippen LogP contribution is -2.54. The number of amides is 3. The number of carbonyl (C=O) groups excluding carboxylic acids is 3. The van der Waals surface area contributed by atoms with Crippen LogP contribution in [0.2, 0.25) is 0 Å². The van der Waals surface area contributed by atoms with Crippen LogP contribution in [-0.2, 0) is 25.7 Å². The molecule has 3 amide bonds. The lowest BCUT2D eigenvalue weighted by Gasteiger charge is -2.33. The average molecular weight is 581 g/mol. The molecule has 4 aliphatic rings. The van der Waals surface area contributed by atoms with Crippen LogP contribution in [0.3, 0.4) is 0 Å². The van der Waals surface area contributed by atoms with Crippen LogP contribution in [0.4, 0.5) is 11.5 Å². The molecule has 9 nitrogen and oxygen atoms in total. The standard InChI is InChI=1S/C34H36N4O5/c1-21-19-26(37-42-21)36-30(39)27-28-32(41)38(25-15-13-24(14-16-25)23-11-7-4-8-12-23)29(34(28)18-17-33(27,2)43-34)31(40)35-20-22-9-5-3-6-10-22/h3,5-6,9-10,13-19,23,27-29H,4,7-8,11-12,20H2,1-2H3,(H,35,40)(H,36,37,39)/t27-,28+,29+,33-,34+/m0/s1. The normalized spacial score (nSPS) is 29.6. The Kier molecular flexibility index (Phi) is 6.73. The first-order valence-corrected chi connectivity index (χ1v) is 15.2. The number of nitrogens with one attached hydrogen (secondary N) is 2. The van der Waals surface area contributed by atoms with Crippen molar-refractivity contribution in [3.8, 4) is 0 Å². The molecule has 2 saturated heterocycles. The van der Waals surface area contributed by atoms with Gasteiger partial charge in [0.15, 0.2) is 5.82 Å². The van der Waals surface area contributed by atoms with E-state index in [1.807, 2.05) is 54.6 Å². The van der Waals surface area contributed by atoms with Gasteiger partial charge in [-0.15, -0.1) is 0 Å². The maximum Gasteiger partial charge on any atom is 0.246 e. The zero-order valence-electron chi connectivity index (χ0n) is 24.4. The van der Waals surface area contributed by atoms with Gasteiger partial charge in [0.25, 0.3) is 0 Å². The molecule has 3 fully saturated rings. The van der Waals surface area contributed by atoms with Crippen LogP contribution < -0.4 is 15.5 Å². The number of aryl methyl sites for hydroxylation is 1. The minimum absolute atomic E-state index is 0.268. The summed E-state index contributed by atoms with van der Waals surface area (Å²) in [5, 5.41) is 9.74. The highest BCUT2D eigenvalue weighted by atomic mass is 16.5. The Labute approximate surface area is 250 Å². The molecule has 2 bridgehead atoms. The Morgan fingerprint density at radius 3 is 2.44 bits per heavy atom. The molecule has 0 unspecified atom stereocenters. The summed E-state index contributed by atoms with van der Waals surface area (Å²) in [6, 6.07) is 18.3. The minimum Gasteiger partial charge on any atom is -0.360 e. The van der Waals surface area contributed by atoms with Crippen LogP contribution >= 0.6 is 0 Å². The van der Waals surface area contributed by atoms with Gasteiger partial charge in [0.1, 0.15) is 17.4 Å². The van der Waals surface area contributed by atoms with Crippen molar-refractivity contribution >= 4 is 29.2 Å². The molecule has 2 N–H and O–H groups in total. The van der Waals surface area contributed by atoms with E-state index in [2.05, 4.69) is 27.9 Å². The van der Waals surface area contributed by atoms with E-state index < -0.39 is 35.0 Å². The molecule has 3 aliphatic heterocycles. The summed E-state index contributed by atoms with van der Waals surface area (Å²) < 4.78 is 11.8. The van der Waals surface area contributed by atoms with Crippen molar-refractivity contribution < 1.29 is 23.6 Å². The van der Waals surface area contributed by atoms with Crippen molar-refractivity contribution in [2.24, 2.45) is 11.8 Å². The molecule has 0 radical (unpaired) electrons. The summed E-state index contributed by atoms with van der Waals surface area (Å²) in [4.78, 5) is 43.9. The molecule has 1 aromatic heterocycles. The van der Waals surface area contributed by atoms with Gasteiger partial charge in [-0.2, -0.15) is 0 Å². The fraction of sp³-hybridized carbons (Fsp3) is 0.412. The number of hydrogen-bond donors (Lipinski definition) is 2.